The van der Waals surface area contributed by atoms with Crippen LogP contribution < -0.4 is 20.1 Å². The lowest BCUT2D eigenvalue weighted by Crippen LogP contribution is -2.37. The Morgan fingerprint density at radius 1 is 1.29 bits per heavy atom. The minimum absolute atomic E-state index is 0.106. The Bertz CT molecular complexity index is 765. The molecule has 2 N–H and O–H groups in total. The molecule has 0 fully saturated rings. The summed E-state index contributed by atoms with van der Waals surface area (Å²) in [5, 5.41) is 6.32. The van der Waals surface area contributed by atoms with Crippen LogP contribution in [0.2, 0.25) is 0 Å². The Hall–Kier alpha value is -2.84. The first-order valence-electron chi connectivity index (χ1n) is 9.07. The maximum absolute atomic E-state index is 12.6. The number of rotatable bonds is 10. The number of hydrogen-bond acceptors (Lipinski definition) is 4. The molecule has 28 heavy (non-hydrogen) atoms. The molecule has 0 unspecified atom stereocenters. The molecule has 154 valence electrons. The number of nitrogens with zero attached hydrogens (tertiary/aromatic N) is 3. The molecule has 0 aliphatic heterocycles. The van der Waals surface area contributed by atoms with E-state index >= 15 is 0 Å². The fourth-order valence-corrected chi connectivity index (χ4v) is 2.69. The number of halogens is 2. The summed E-state index contributed by atoms with van der Waals surface area (Å²) in [4.78, 5) is 8.36. The number of nitrogens with one attached hydrogen (secondary N) is 2. The number of ether oxygens (including phenoxy) is 2. The molecule has 9 heteroatoms. The third-order valence-electron chi connectivity index (χ3n) is 4.20. The van der Waals surface area contributed by atoms with Crippen molar-refractivity contribution in [1.29, 1.82) is 0 Å². The van der Waals surface area contributed by atoms with Crippen LogP contribution in [0.25, 0.3) is 0 Å². The van der Waals surface area contributed by atoms with E-state index in [1.807, 2.05) is 13.1 Å². The van der Waals surface area contributed by atoms with Gasteiger partial charge in [-0.1, -0.05) is 0 Å². The maximum Gasteiger partial charge on any atom is 0.387 e. The van der Waals surface area contributed by atoms with Crippen molar-refractivity contribution in [1.82, 2.24) is 20.2 Å². The Morgan fingerprint density at radius 3 is 2.75 bits per heavy atom. The highest BCUT2D eigenvalue weighted by Crippen LogP contribution is 2.25. The fourth-order valence-electron chi connectivity index (χ4n) is 2.69. The van der Waals surface area contributed by atoms with Crippen LogP contribution in [0.3, 0.4) is 0 Å². The first-order chi connectivity index (χ1) is 13.5. The van der Waals surface area contributed by atoms with Gasteiger partial charge in [0.1, 0.15) is 17.3 Å². The monoisotopic (exact) mass is 395 g/mol. The zero-order chi connectivity index (χ0) is 20.4. The molecule has 0 aliphatic carbocycles. The first-order valence-corrected chi connectivity index (χ1v) is 9.07. The fraction of sp³-hybridized carbons (Fsp3) is 0.474. The lowest BCUT2D eigenvalue weighted by molar-refractivity contribution is -0.0504. The molecule has 0 amide bonds. The highest BCUT2D eigenvalue weighted by Gasteiger charge is 2.11. The van der Waals surface area contributed by atoms with Crippen molar-refractivity contribution in [2.45, 2.75) is 39.5 Å². The summed E-state index contributed by atoms with van der Waals surface area (Å²) >= 11 is 0. The van der Waals surface area contributed by atoms with Gasteiger partial charge in [0.05, 0.1) is 7.11 Å². The minimum atomic E-state index is -2.89. The predicted octanol–water partition coefficient (Wildman–Crippen LogP) is 2.95. The van der Waals surface area contributed by atoms with Gasteiger partial charge in [-0.05, 0) is 38.0 Å². The quantitative estimate of drug-likeness (QED) is 0.368. The molecule has 0 atom stereocenters. The lowest BCUT2D eigenvalue weighted by Gasteiger charge is -2.15. The van der Waals surface area contributed by atoms with Crippen molar-refractivity contribution in [2.24, 2.45) is 4.99 Å². The average Bonchev–Trinajstić information content (AvgIpc) is 3.09. The Morgan fingerprint density at radius 2 is 2.11 bits per heavy atom. The van der Waals surface area contributed by atoms with Gasteiger partial charge in [-0.3, -0.25) is 4.99 Å². The number of imidazole rings is 1. The third kappa shape index (κ3) is 6.71. The van der Waals surface area contributed by atoms with E-state index in [2.05, 4.69) is 29.9 Å². The van der Waals surface area contributed by atoms with Crippen molar-refractivity contribution in [3.8, 4) is 11.5 Å². The second kappa shape index (κ2) is 11.1. The summed E-state index contributed by atoms with van der Waals surface area (Å²) in [5.41, 5.74) is 0.554. The summed E-state index contributed by atoms with van der Waals surface area (Å²) in [7, 11) is 3.18. The van der Waals surface area contributed by atoms with E-state index in [0.29, 0.717) is 17.3 Å². The average molecular weight is 395 g/mol. The predicted molar refractivity (Wildman–Crippen MR) is 104 cm³/mol. The van der Waals surface area contributed by atoms with Crippen LogP contribution in [0, 0.1) is 6.92 Å². The van der Waals surface area contributed by atoms with Gasteiger partial charge in [-0.25, -0.2) is 4.98 Å². The van der Waals surface area contributed by atoms with Gasteiger partial charge in [-0.2, -0.15) is 8.78 Å². The minimum Gasteiger partial charge on any atom is -0.497 e. The molecular weight excluding hydrogens is 368 g/mol. The molecule has 2 rings (SSSR count). The van der Waals surface area contributed by atoms with Gasteiger partial charge in [-0.15, -0.1) is 0 Å². The number of hydrogen-bond donors (Lipinski definition) is 2. The standard InChI is InChI=1S/C19H27F2N5O2/c1-14-23-9-11-26(14)10-5-4-8-24-19(22-2)25-13-15-12-16(27-3)6-7-17(15)28-18(20)21/h6-7,9,11-12,18H,4-5,8,10,13H2,1-3H3,(H2,22,24,25). The number of aryl methyl sites for hydroxylation is 2. The largest absolute Gasteiger partial charge is 0.497 e. The van der Waals surface area contributed by atoms with Gasteiger partial charge in [0.25, 0.3) is 0 Å². The number of benzene rings is 1. The van der Waals surface area contributed by atoms with E-state index in [-0.39, 0.29) is 12.3 Å². The zero-order valence-electron chi connectivity index (χ0n) is 16.4. The molecule has 1 aromatic heterocycles. The van der Waals surface area contributed by atoms with Crippen molar-refractivity contribution >= 4 is 5.96 Å². The number of aliphatic imine (C=N–C) groups is 1. The van der Waals surface area contributed by atoms with E-state index < -0.39 is 6.61 Å². The van der Waals surface area contributed by atoms with Crippen molar-refractivity contribution in [3.63, 3.8) is 0 Å². The highest BCUT2D eigenvalue weighted by atomic mass is 19.3. The van der Waals surface area contributed by atoms with E-state index in [4.69, 9.17) is 4.74 Å². The van der Waals surface area contributed by atoms with Crippen LogP contribution in [0.4, 0.5) is 8.78 Å². The summed E-state index contributed by atoms with van der Waals surface area (Å²) in [6, 6.07) is 4.71. The topological polar surface area (TPSA) is 72.7 Å². The van der Waals surface area contributed by atoms with Crippen LogP contribution >= 0.6 is 0 Å². The van der Waals surface area contributed by atoms with E-state index in [9.17, 15) is 8.78 Å². The number of aromatic nitrogens is 2. The molecule has 0 aliphatic rings. The molecule has 0 saturated carbocycles. The summed E-state index contributed by atoms with van der Waals surface area (Å²) in [5.74, 6) is 2.26. The molecule has 0 spiro atoms. The number of guanidine groups is 1. The molecule has 0 bridgehead atoms. The SMILES string of the molecule is CN=C(NCCCCn1ccnc1C)NCc1cc(OC)ccc1OC(F)F. The Kier molecular flexibility index (Phi) is 8.51. The smallest absolute Gasteiger partial charge is 0.387 e. The van der Waals surface area contributed by atoms with Gasteiger partial charge < -0.3 is 24.7 Å². The molecular formula is C19H27F2N5O2. The Labute approximate surface area is 163 Å². The van der Waals surface area contributed by atoms with Gasteiger partial charge in [0.2, 0.25) is 0 Å². The molecule has 7 nitrogen and oxygen atoms in total. The van der Waals surface area contributed by atoms with Crippen LogP contribution in [0.15, 0.2) is 35.6 Å². The van der Waals surface area contributed by atoms with Crippen LogP contribution in [0.5, 0.6) is 11.5 Å². The number of alkyl halides is 2. The molecule has 2 aromatic rings. The van der Waals surface area contributed by atoms with Crippen LogP contribution in [-0.4, -0.2) is 42.8 Å². The lowest BCUT2D eigenvalue weighted by atomic mass is 10.2. The number of unbranched alkanes of at least 4 members (excludes halogenated alkanes) is 1. The summed E-state index contributed by atoms with van der Waals surface area (Å²) in [6.07, 6.45) is 5.72. The van der Waals surface area contributed by atoms with E-state index in [1.165, 1.54) is 13.2 Å². The van der Waals surface area contributed by atoms with Crippen molar-refractivity contribution in [2.75, 3.05) is 20.7 Å². The zero-order valence-corrected chi connectivity index (χ0v) is 16.4. The van der Waals surface area contributed by atoms with Crippen LogP contribution in [0.1, 0.15) is 24.2 Å². The van der Waals surface area contributed by atoms with Gasteiger partial charge in [0, 0.05) is 44.6 Å². The van der Waals surface area contributed by atoms with Crippen molar-refractivity contribution < 1.29 is 18.3 Å². The third-order valence-corrected chi connectivity index (χ3v) is 4.20. The van der Waals surface area contributed by atoms with E-state index in [0.717, 1.165) is 31.8 Å². The summed E-state index contributed by atoms with van der Waals surface area (Å²) in [6.45, 7) is 1.02. The summed E-state index contributed by atoms with van der Waals surface area (Å²) < 4.78 is 37.0. The first kappa shape index (κ1) is 21.5. The number of methoxy groups -OCH3 is 1. The van der Waals surface area contributed by atoms with Gasteiger partial charge >= 0.3 is 6.61 Å². The normalized spacial score (nSPS) is 11.6. The maximum atomic E-state index is 12.6. The Balaban J connectivity index is 1.80. The van der Waals surface area contributed by atoms with Crippen LogP contribution in [-0.2, 0) is 13.1 Å². The second-order valence-electron chi connectivity index (χ2n) is 6.08. The van der Waals surface area contributed by atoms with Crippen molar-refractivity contribution in [3.05, 3.63) is 42.0 Å². The van der Waals surface area contributed by atoms with Gasteiger partial charge in [0.15, 0.2) is 5.96 Å². The second-order valence-corrected chi connectivity index (χ2v) is 6.08. The van der Waals surface area contributed by atoms with E-state index in [1.54, 1.807) is 25.4 Å². The molecule has 1 heterocycles. The molecule has 1 aromatic carbocycles. The molecule has 0 radical (unpaired) electrons. The molecule has 0 saturated heterocycles. The highest BCUT2D eigenvalue weighted by molar-refractivity contribution is 5.79.